The van der Waals surface area contributed by atoms with Gasteiger partial charge >= 0.3 is 0 Å². The lowest BCUT2D eigenvalue weighted by atomic mass is 9.84. The molecular weight excluding hydrogens is 324 g/mol. The lowest BCUT2D eigenvalue weighted by molar-refractivity contribution is 0.0977. The molecule has 0 amide bonds. The van der Waals surface area contributed by atoms with Crippen molar-refractivity contribution in [2.45, 2.75) is 25.8 Å². The Labute approximate surface area is 129 Å². The van der Waals surface area contributed by atoms with E-state index in [0.29, 0.717) is 12.0 Å². The molecule has 4 heteroatoms. The van der Waals surface area contributed by atoms with Gasteiger partial charge in [0.05, 0.1) is 0 Å². The van der Waals surface area contributed by atoms with Gasteiger partial charge in [-0.05, 0) is 63.1 Å². The first kappa shape index (κ1) is 15.3. The summed E-state index contributed by atoms with van der Waals surface area (Å²) in [5.74, 6) is 0.663. The number of hydrogen-bond donors (Lipinski definition) is 1. The van der Waals surface area contributed by atoms with Crippen LogP contribution in [0.5, 0.6) is 0 Å². The zero-order valence-corrected chi connectivity index (χ0v) is 14.0. The molecule has 106 valence electrons. The van der Waals surface area contributed by atoms with E-state index in [1.807, 2.05) is 19.2 Å². The highest BCUT2D eigenvalue weighted by atomic mass is 79.9. The van der Waals surface area contributed by atoms with E-state index < -0.39 is 0 Å². The predicted molar refractivity (Wildman–Crippen MR) is 85.8 cm³/mol. The molecule has 0 aliphatic carbocycles. The SMILES string of the molecule is CCN1CCCC(CNC)C1c1ccc(Cl)cc1Br. The summed E-state index contributed by atoms with van der Waals surface area (Å²) in [5, 5.41) is 4.14. The van der Waals surface area contributed by atoms with E-state index in [-0.39, 0.29) is 0 Å². The Morgan fingerprint density at radius 1 is 1.47 bits per heavy atom. The normalized spacial score (nSPS) is 24.6. The maximum atomic E-state index is 6.07. The van der Waals surface area contributed by atoms with Crippen molar-refractivity contribution in [2.75, 3.05) is 26.7 Å². The van der Waals surface area contributed by atoms with Gasteiger partial charge in [0.25, 0.3) is 0 Å². The third-order valence-electron chi connectivity index (χ3n) is 4.01. The summed E-state index contributed by atoms with van der Waals surface area (Å²) in [5.41, 5.74) is 1.37. The van der Waals surface area contributed by atoms with E-state index in [0.717, 1.165) is 22.6 Å². The fourth-order valence-electron chi connectivity index (χ4n) is 3.17. The molecule has 0 saturated carbocycles. The number of likely N-dealkylation sites (tertiary alicyclic amines) is 1. The number of nitrogens with one attached hydrogen (secondary N) is 1. The van der Waals surface area contributed by atoms with Crippen LogP contribution in [0, 0.1) is 5.92 Å². The highest BCUT2D eigenvalue weighted by Crippen LogP contribution is 2.39. The first-order chi connectivity index (χ1) is 9.17. The molecule has 1 heterocycles. The fourth-order valence-corrected chi connectivity index (χ4v) is 4.09. The van der Waals surface area contributed by atoms with Crippen LogP contribution in [0.15, 0.2) is 22.7 Å². The lowest BCUT2D eigenvalue weighted by Crippen LogP contribution is -2.42. The molecule has 2 nitrogen and oxygen atoms in total. The van der Waals surface area contributed by atoms with Gasteiger partial charge in [-0.25, -0.2) is 0 Å². The molecule has 1 aliphatic rings. The van der Waals surface area contributed by atoms with Crippen molar-refractivity contribution in [2.24, 2.45) is 5.92 Å². The molecule has 0 radical (unpaired) electrons. The molecule has 1 saturated heterocycles. The summed E-state index contributed by atoms with van der Waals surface area (Å²) in [6, 6.07) is 6.67. The molecule has 2 unspecified atom stereocenters. The Balaban J connectivity index is 2.33. The van der Waals surface area contributed by atoms with Crippen molar-refractivity contribution in [1.82, 2.24) is 10.2 Å². The number of halogens is 2. The molecule has 2 atom stereocenters. The van der Waals surface area contributed by atoms with Gasteiger partial charge in [0.2, 0.25) is 0 Å². The van der Waals surface area contributed by atoms with Gasteiger partial charge in [-0.1, -0.05) is 40.5 Å². The number of rotatable bonds is 4. The fraction of sp³-hybridized carbons (Fsp3) is 0.600. The van der Waals surface area contributed by atoms with Crippen molar-refractivity contribution in [3.63, 3.8) is 0 Å². The van der Waals surface area contributed by atoms with Crippen LogP contribution in [-0.4, -0.2) is 31.6 Å². The minimum Gasteiger partial charge on any atom is -0.319 e. The van der Waals surface area contributed by atoms with E-state index in [1.54, 1.807) is 0 Å². The Morgan fingerprint density at radius 2 is 2.26 bits per heavy atom. The van der Waals surface area contributed by atoms with Crippen molar-refractivity contribution in [1.29, 1.82) is 0 Å². The molecule has 1 aliphatic heterocycles. The van der Waals surface area contributed by atoms with Crippen molar-refractivity contribution in [3.8, 4) is 0 Å². The van der Waals surface area contributed by atoms with E-state index in [9.17, 15) is 0 Å². The highest BCUT2D eigenvalue weighted by Gasteiger charge is 2.32. The second kappa shape index (κ2) is 7.07. The average molecular weight is 346 g/mol. The van der Waals surface area contributed by atoms with Gasteiger partial charge in [0, 0.05) is 15.5 Å². The Bertz CT molecular complexity index is 423. The third kappa shape index (κ3) is 3.52. The summed E-state index contributed by atoms with van der Waals surface area (Å²) in [6.07, 6.45) is 2.58. The minimum absolute atomic E-state index is 0.484. The Hall–Kier alpha value is -0.0900. The zero-order valence-electron chi connectivity index (χ0n) is 11.6. The zero-order chi connectivity index (χ0) is 13.8. The topological polar surface area (TPSA) is 15.3 Å². The van der Waals surface area contributed by atoms with Gasteiger partial charge in [-0.2, -0.15) is 0 Å². The third-order valence-corrected chi connectivity index (χ3v) is 4.94. The monoisotopic (exact) mass is 344 g/mol. The molecule has 0 spiro atoms. The number of piperidine rings is 1. The van der Waals surface area contributed by atoms with Gasteiger partial charge in [-0.15, -0.1) is 0 Å². The van der Waals surface area contributed by atoms with Crippen molar-refractivity contribution >= 4 is 27.5 Å². The molecule has 1 aromatic carbocycles. The van der Waals surface area contributed by atoms with Gasteiger partial charge < -0.3 is 5.32 Å². The first-order valence-electron chi connectivity index (χ1n) is 7.01. The molecule has 0 bridgehead atoms. The van der Waals surface area contributed by atoms with Crippen LogP contribution in [-0.2, 0) is 0 Å². The van der Waals surface area contributed by atoms with Crippen molar-refractivity contribution < 1.29 is 0 Å². The maximum Gasteiger partial charge on any atom is 0.0417 e. The number of nitrogens with zero attached hydrogens (tertiary/aromatic N) is 1. The van der Waals surface area contributed by atoms with Gasteiger partial charge in [0.1, 0.15) is 0 Å². The van der Waals surface area contributed by atoms with Crippen LogP contribution in [0.2, 0.25) is 5.02 Å². The van der Waals surface area contributed by atoms with Crippen molar-refractivity contribution in [3.05, 3.63) is 33.3 Å². The summed E-state index contributed by atoms with van der Waals surface area (Å²) < 4.78 is 1.13. The average Bonchev–Trinajstić information content (AvgIpc) is 2.39. The largest absolute Gasteiger partial charge is 0.319 e. The summed E-state index contributed by atoms with van der Waals surface area (Å²) >= 11 is 9.75. The standard InChI is InChI=1S/C15H22BrClN2/c1-3-19-8-4-5-11(10-18-2)15(19)13-7-6-12(17)9-14(13)16/h6-7,9,11,15,18H,3-5,8,10H2,1-2H3. The van der Waals surface area contributed by atoms with E-state index in [2.05, 4.69) is 39.1 Å². The Kier molecular flexibility index (Phi) is 5.70. The summed E-state index contributed by atoms with van der Waals surface area (Å²) in [6.45, 7) is 5.60. The predicted octanol–water partition coefficient (Wildman–Crippen LogP) is 4.09. The van der Waals surface area contributed by atoms with Crippen LogP contribution in [0.1, 0.15) is 31.4 Å². The molecule has 2 rings (SSSR count). The lowest BCUT2D eigenvalue weighted by Gasteiger charge is -2.41. The molecule has 1 fully saturated rings. The molecule has 1 N–H and O–H groups in total. The summed E-state index contributed by atoms with van der Waals surface area (Å²) in [7, 11) is 2.04. The van der Waals surface area contributed by atoms with E-state index in [4.69, 9.17) is 11.6 Å². The highest BCUT2D eigenvalue weighted by molar-refractivity contribution is 9.10. The van der Waals surface area contributed by atoms with Crippen LogP contribution < -0.4 is 5.32 Å². The first-order valence-corrected chi connectivity index (χ1v) is 8.18. The van der Waals surface area contributed by atoms with Gasteiger partial charge in [-0.3, -0.25) is 4.90 Å². The molecule has 1 aromatic rings. The molecule has 19 heavy (non-hydrogen) atoms. The second-order valence-corrected chi connectivity index (χ2v) is 6.49. The van der Waals surface area contributed by atoms with Gasteiger partial charge in [0.15, 0.2) is 0 Å². The minimum atomic E-state index is 0.484. The molecule has 0 aromatic heterocycles. The molecular formula is C15H22BrClN2. The second-order valence-electron chi connectivity index (χ2n) is 5.20. The summed E-state index contributed by atoms with van der Waals surface area (Å²) in [4.78, 5) is 2.58. The number of hydrogen-bond acceptors (Lipinski definition) is 2. The van der Waals surface area contributed by atoms with Crippen LogP contribution in [0.3, 0.4) is 0 Å². The van der Waals surface area contributed by atoms with E-state index in [1.165, 1.54) is 24.9 Å². The number of benzene rings is 1. The maximum absolute atomic E-state index is 6.07. The smallest absolute Gasteiger partial charge is 0.0417 e. The Morgan fingerprint density at radius 3 is 2.89 bits per heavy atom. The van der Waals surface area contributed by atoms with Crippen LogP contribution >= 0.6 is 27.5 Å². The van der Waals surface area contributed by atoms with E-state index >= 15 is 0 Å². The quantitative estimate of drug-likeness (QED) is 0.884. The van der Waals surface area contributed by atoms with Crippen LogP contribution in [0.25, 0.3) is 0 Å². The van der Waals surface area contributed by atoms with Crippen LogP contribution in [0.4, 0.5) is 0 Å².